The molecule has 0 fully saturated rings. The smallest absolute Gasteiger partial charge is 0.468 e. The van der Waals surface area contributed by atoms with E-state index in [1.54, 1.807) is 13.0 Å². The molecule has 2 atom stereocenters. The molecule has 0 bridgehead atoms. The molecule has 0 aliphatic carbocycles. The maximum Gasteiger partial charge on any atom is 0.513 e. The molecular formula is C30H47NO11. The number of carbonyl (C=O) groups is 4. The summed E-state index contributed by atoms with van der Waals surface area (Å²) in [7, 11) is 1.19. The van der Waals surface area contributed by atoms with E-state index >= 15 is 0 Å². The summed E-state index contributed by atoms with van der Waals surface area (Å²) >= 11 is 0. The topological polar surface area (TPSA) is 159 Å². The summed E-state index contributed by atoms with van der Waals surface area (Å²) in [4.78, 5) is 49.4. The van der Waals surface area contributed by atoms with Crippen LogP contribution in [0.2, 0.25) is 0 Å². The van der Waals surface area contributed by atoms with E-state index < -0.39 is 36.1 Å². The number of hydrogen-bond acceptors (Lipinski definition) is 12. The second-order valence-corrected chi connectivity index (χ2v) is 10.5. The minimum atomic E-state index is -1.63. The predicted octanol–water partition coefficient (Wildman–Crippen LogP) is 6.10. The Morgan fingerprint density at radius 1 is 0.810 bits per heavy atom. The van der Waals surface area contributed by atoms with Crippen LogP contribution in [0.4, 0.5) is 14.4 Å². The largest absolute Gasteiger partial charge is 0.513 e. The Labute approximate surface area is 248 Å². The van der Waals surface area contributed by atoms with Gasteiger partial charge in [-0.2, -0.15) is 0 Å². The van der Waals surface area contributed by atoms with Crippen molar-refractivity contribution in [2.75, 3.05) is 26.9 Å². The molecule has 1 rings (SSSR count). The van der Waals surface area contributed by atoms with Gasteiger partial charge in [0.2, 0.25) is 0 Å². The molecule has 0 saturated heterocycles. The van der Waals surface area contributed by atoms with Gasteiger partial charge in [-0.25, -0.2) is 14.4 Å². The number of esters is 1. The van der Waals surface area contributed by atoms with Crippen LogP contribution in [0.5, 0.6) is 11.5 Å². The first-order valence-electron chi connectivity index (χ1n) is 14.5. The van der Waals surface area contributed by atoms with Gasteiger partial charge in [-0.1, -0.05) is 59.4 Å². The quantitative estimate of drug-likeness (QED) is 0.0898. The zero-order valence-electron chi connectivity index (χ0n) is 25.7. The number of nitrogens with two attached hydrogens (primary N) is 1. The summed E-state index contributed by atoms with van der Waals surface area (Å²) in [5.41, 5.74) is 5.29. The van der Waals surface area contributed by atoms with E-state index in [0.29, 0.717) is 18.4 Å². The minimum Gasteiger partial charge on any atom is -0.468 e. The molecule has 1 unspecified atom stereocenters. The molecule has 238 valence electrons. The zero-order chi connectivity index (χ0) is 31.5. The molecule has 0 heterocycles. The van der Waals surface area contributed by atoms with E-state index in [9.17, 15) is 19.2 Å². The number of unbranched alkanes of at least 4 members (excludes halogenated alkanes) is 4. The molecule has 0 aromatic heterocycles. The van der Waals surface area contributed by atoms with Gasteiger partial charge in [-0.15, -0.1) is 0 Å². The zero-order valence-corrected chi connectivity index (χ0v) is 25.7. The Morgan fingerprint density at radius 3 is 1.90 bits per heavy atom. The van der Waals surface area contributed by atoms with Gasteiger partial charge < -0.3 is 38.9 Å². The average molecular weight is 598 g/mol. The van der Waals surface area contributed by atoms with Crippen molar-refractivity contribution < 1.29 is 52.3 Å². The van der Waals surface area contributed by atoms with Crippen molar-refractivity contribution in [2.24, 2.45) is 11.7 Å². The standard InChI is InChI=1S/C30H47NO11/c1-7-9-11-15-37-27(33)41-24-14-13-23(17-25(24)42-28(34)38-16-12-10-8-2)19-30(31,26(32)36-6)18-22(5)40-29(35)39-20-21(3)4/h13-14,17,21-22H,7-12,15-16,18-20,31H2,1-6H3/t22-,30?/m0/s1. The summed E-state index contributed by atoms with van der Waals surface area (Å²) < 4.78 is 36.1. The lowest BCUT2D eigenvalue weighted by atomic mass is 9.86. The van der Waals surface area contributed by atoms with Gasteiger partial charge in [0, 0.05) is 12.8 Å². The van der Waals surface area contributed by atoms with E-state index in [4.69, 9.17) is 38.9 Å². The van der Waals surface area contributed by atoms with Crippen LogP contribution in [0.1, 0.15) is 85.1 Å². The van der Waals surface area contributed by atoms with Crippen LogP contribution in [-0.2, 0) is 34.9 Å². The van der Waals surface area contributed by atoms with E-state index in [-0.39, 0.29) is 50.1 Å². The molecule has 12 nitrogen and oxygen atoms in total. The predicted molar refractivity (Wildman–Crippen MR) is 153 cm³/mol. The lowest BCUT2D eigenvalue weighted by Crippen LogP contribution is -2.53. The number of rotatable bonds is 18. The highest BCUT2D eigenvalue weighted by molar-refractivity contribution is 5.81. The van der Waals surface area contributed by atoms with Gasteiger partial charge in [0.05, 0.1) is 26.9 Å². The second-order valence-electron chi connectivity index (χ2n) is 10.5. The van der Waals surface area contributed by atoms with Crippen molar-refractivity contribution in [1.82, 2.24) is 0 Å². The van der Waals surface area contributed by atoms with Gasteiger partial charge in [0.1, 0.15) is 11.6 Å². The van der Waals surface area contributed by atoms with Crippen molar-refractivity contribution in [1.29, 1.82) is 0 Å². The summed E-state index contributed by atoms with van der Waals surface area (Å²) in [5, 5.41) is 0. The molecule has 0 aliphatic heterocycles. The maximum absolute atomic E-state index is 12.8. The molecule has 2 N–H and O–H groups in total. The third-order valence-corrected chi connectivity index (χ3v) is 5.93. The Hall–Kier alpha value is -3.54. The fraction of sp³-hybridized carbons (Fsp3) is 0.667. The van der Waals surface area contributed by atoms with Crippen molar-refractivity contribution >= 4 is 24.4 Å². The lowest BCUT2D eigenvalue weighted by Gasteiger charge is -2.29. The molecular weight excluding hydrogens is 550 g/mol. The molecule has 12 heteroatoms. The van der Waals surface area contributed by atoms with Crippen LogP contribution in [0.15, 0.2) is 18.2 Å². The SMILES string of the molecule is CCCCCOC(=O)Oc1ccc(CC(N)(C[C@H](C)OC(=O)OCC(C)C)C(=O)OC)cc1OC(=O)OCCCCC. The second kappa shape index (κ2) is 19.6. The first kappa shape index (κ1) is 36.5. The van der Waals surface area contributed by atoms with Gasteiger partial charge in [0.15, 0.2) is 11.5 Å². The molecule has 0 amide bonds. The number of carbonyl (C=O) groups excluding carboxylic acids is 4. The van der Waals surface area contributed by atoms with Gasteiger partial charge in [0.25, 0.3) is 0 Å². The maximum atomic E-state index is 12.8. The number of ether oxygens (including phenoxy) is 7. The van der Waals surface area contributed by atoms with E-state index in [1.807, 2.05) is 27.7 Å². The summed E-state index contributed by atoms with van der Waals surface area (Å²) in [6.45, 7) is 9.91. The highest BCUT2D eigenvalue weighted by atomic mass is 16.7. The highest BCUT2D eigenvalue weighted by Gasteiger charge is 2.38. The molecule has 0 aliphatic rings. The molecule has 0 spiro atoms. The molecule has 1 aromatic rings. The fourth-order valence-corrected chi connectivity index (χ4v) is 3.86. The van der Waals surface area contributed by atoms with E-state index in [1.165, 1.54) is 19.2 Å². The Bertz CT molecular complexity index is 997. The summed E-state index contributed by atoms with van der Waals surface area (Å²) in [6, 6.07) is 4.34. The van der Waals surface area contributed by atoms with Crippen molar-refractivity contribution in [3.8, 4) is 11.5 Å². The normalized spacial score (nSPS) is 13.0. The first-order valence-corrected chi connectivity index (χ1v) is 14.5. The summed E-state index contributed by atoms with van der Waals surface area (Å²) in [6.07, 6.45) is 1.20. The van der Waals surface area contributed by atoms with Gasteiger partial charge >= 0.3 is 24.4 Å². The molecule has 42 heavy (non-hydrogen) atoms. The number of benzene rings is 1. The van der Waals surface area contributed by atoms with Crippen LogP contribution in [0.25, 0.3) is 0 Å². The molecule has 0 saturated carbocycles. The van der Waals surface area contributed by atoms with Gasteiger partial charge in [-0.05, 0) is 43.4 Å². The van der Waals surface area contributed by atoms with Crippen LogP contribution in [-0.4, -0.2) is 63.0 Å². The number of methoxy groups -OCH3 is 1. The fourth-order valence-electron chi connectivity index (χ4n) is 3.86. The number of hydrogen-bond donors (Lipinski definition) is 1. The monoisotopic (exact) mass is 597 g/mol. The average Bonchev–Trinajstić information content (AvgIpc) is 2.93. The molecule has 1 aromatic carbocycles. The van der Waals surface area contributed by atoms with Crippen LogP contribution >= 0.6 is 0 Å². The minimum absolute atomic E-state index is 0.0879. The molecule has 0 radical (unpaired) electrons. The lowest BCUT2D eigenvalue weighted by molar-refractivity contribution is -0.148. The van der Waals surface area contributed by atoms with Gasteiger partial charge in [-0.3, -0.25) is 4.79 Å². The highest BCUT2D eigenvalue weighted by Crippen LogP contribution is 2.32. The van der Waals surface area contributed by atoms with Crippen LogP contribution in [0, 0.1) is 5.92 Å². The van der Waals surface area contributed by atoms with Crippen molar-refractivity contribution in [3.63, 3.8) is 0 Å². The van der Waals surface area contributed by atoms with E-state index in [2.05, 4.69) is 0 Å². The van der Waals surface area contributed by atoms with Crippen LogP contribution in [0.3, 0.4) is 0 Å². The Kier molecular flexibility index (Phi) is 17.0. The Morgan fingerprint density at radius 2 is 1.38 bits per heavy atom. The third kappa shape index (κ3) is 14.4. The Balaban J connectivity index is 3.13. The van der Waals surface area contributed by atoms with Crippen LogP contribution < -0.4 is 15.2 Å². The first-order chi connectivity index (χ1) is 19.9. The van der Waals surface area contributed by atoms with E-state index in [0.717, 1.165) is 25.7 Å². The van der Waals surface area contributed by atoms with Crippen molar-refractivity contribution in [3.05, 3.63) is 23.8 Å². The van der Waals surface area contributed by atoms with Crippen molar-refractivity contribution in [2.45, 2.75) is 97.6 Å². The summed E-state index contributed by atoms with van der Waals surface area (Å²) in [5.74, 6) is -0.846. The third-order valence-electron chi connectivity index (χ3n) is 5.93.